The summed E-state index contributed by atoms with van der Waals surface area (Å²) in [5.41, 5.74) is 0.369. The van der Waals surface area contributed by atoms with Crippen molar-refractivity contribution in [3.05, 3.63) is 69.8 Å². The molecule has 0 saturated heterocycles. The maximum Gasteiger partial charge on any atom is 0.324 e. The van der Waals surface area contributed by atoms with Crippen LogP contribution in [-0.4, -0.2) is 25.5 Å². The van der Waals surface area contributed by atoms with Crippen molar-refractivity contribution in [2.45, 2.75) is 13.8 Å². The quantitative estimate of drug-likeness (QED) is 0.253. The molecular formula is C21H21IO4. The molecule has 2 aromatic rings. The third kappa shape index (κ3) is 3.98. The third-order valence-electron chi connectivity index (χ3n) is 4.22. The van der Waals surface area contributed by atoms with Gasteiger partial charge >= 0.3 is 5.97 Å². The lowest BCUT2D eigenvalue weighted by Crippen LogP contribution is -2.39. The Labute approximate surface area is 167 Å². The van der Waals surface area contributed by atoms with Crippen molar-refractivity contribution < 1.29 is 19.1 Å². The van der Waals surface area contributed by atoms with Crippen molar-refractivity contribution in [3.8, 4) is 5.75 Å². The summed E-state index contributed by atoms with van der Waals surface area (Å²) in [4.78, 5) is 26.2. The van der Waals surface area contributed by atoms with E-state index in [4.69, 9.17) is 9.47 Å². The topological polar surface area (TPSA) is 52.6 Å². The molecule has 0 saturated carbocycles. The number of Topliss-reactive ketones (excluding diaryl/α,β-unsaturated/α-hetero) is 1. The summed E-state index contributed by atoms with van der Waals surface area (Å²) < 4.78 is 12.2. The van der Waals surface area contributed by atoms with E-state index in [9.17, 15) is 9.59 Å². The molecule has 4 nitrogen and oxygen atoms in total. The smallest absolute Gasteiger partial charge is 0.324 e. The number of halogens is 1. The lowest BCUT2D eigenvalue weighted by atomic mass is 9.73. The number of benzene rings is 2. The molecule has 1 unspecified atom stereocenters. The van der Waals surface area contributed by atoms with Gasteiger partial charge < -0.3 is 9.47 Å². The number of hydrogen-bond donors (Lipinski definition) is 0. The van der Waals surface area contributed by atoms with Crippen molar-refractivity contribution in [2.24, 2.45) is 5.41 Å². The fourth-order valence-corrected chi connectivity index (χ4v) is 3.69. The molecule has 136 valence electrons. The summed E-state index contributed by atoms with van der Waals surface area (Å²) in [5, 5.41) is 0. The fraction of sp³-hybridized carbons (Fsp3) is 0.238. The summed E-state index contributed by atoms with van der Waals surface area (Å²) in [6.07, 6.45) is 0. The Morgan fingerprint density at radius 1 is 1.04 bits per heavy atom. The lowest BCUT2D eigenvalue weighted by Gasteiger charge is -2.29. The van der Waals surface area contributed by atoms with Crippen LogP contribution in [0.2, 0.25) is 0 Å². The molecule has 2 aromatic carbocycles. The van der Waals surface area contributed by atoms with E-state index in [1.165, 1.54) is 0 Å². The molecule has 0 heterocycles. The first-order valence-electron chi connectivity index (χ1n) is 8.21. The van der Waals surface area contributed by atoms with Gasteiger partial charge in [0.1, 0.15) is 5.75 Å². The Morgan fingerprint density at radius 3 is 2.15 bits per heavy atom. The number of hydrogen-bond acceptors (Lipinski definition) is 4. The Balaban J connectivity index is 2.57. The fourth-order valence-electron chi connectivity index (χ4n) is 2.71. The van der Waals surface area contributed by atoms with Crippen LogP contribution in [0, 0.1) is 5.41 Å². The van der Waals surface area contributed by atoms with E-state index in [0.717, 1.165) is 5.56 Å². The Hall–Kier alpha value is -2.15. The van der Waals surface area contributed by atoms with Crippen LogP contribution in [0.15, 0.2) is 58.7 Å². The van der Waals surface area contributed by atoms with Crippen molar-refractivity contribution in [1.82, 2.24) is 0 Å². The Kier molecular flexibility index (Phi) is 6.97. The molecule has 0 amide bonds. The van der Waals surface area contributed by atoms with Gasteiger partial charge in [0.2, 0.25) is 0 Å². The molecule has 5 heteroatoms. The van der Waals surface area contributed by atoms with Crippen LogP contribution in [0.3, 0.4) is 0 Å². The molecule has 26 heavy (non-hydrogen) atoms. The minimum absolute atomic E-state index is 0.202. The number of carbonyl (C=O) groups excluding carboxylic acids is 2. The van der Waals surface area contributed by atoms with Crippen molar-refractivity contribution in [3.63, 3.8) is 0 Å². The van der Waals surface area contributed by atoms with Gasteiger partial charge in [-0.2, -0.15) is 0 Å². The van der Waals surface area contributed by atoms with Crippen molar-refractivity contribution >= 4 is 39.9 Å². The standard InChI is InChI=1S/C21H21IO4/c1-4-26-20(24)21(2,19(23)16-8-6-5-7-9-16)18(14-22)15-10-12-17(25-3)13-11-15/h5-14H,4H2,1-3H3/b18-14+. The maximum absolute atomic E-state index is 13.3. The molecule has 0 radical (unpaired) electrons. The highest BCUT2D eigenvalue weighted by Crippen LogP contribution is 2.40. The van der Waals surface area contributed by atoms with Gasteiger partial charge in [0.15, 0.2) is 11.2 Å². The van der Waals surface area contributed by atoms with E-state index in [1.807, 2.05) is 18.2 Å². The van der Waals surface area contributed by atoms with E-state index < -0.39 is 11.4 Å². The molecule has 2 rings (SSSR count). The van der Waals surface area contributed by atoms with Gasteiger partial charge in [-0.15, -0.1) is 0 Å². The zero-order chi connectivity index (χ0) is 19.2. The number of ether oxygens (including phenoxy) is 2. The molecule has 0 aliphatic rings. The summed E-state index contributed by atoms with van der Waals surface area (Å²) >= 11 is 2.06. The SMILES string of the molecule is CCOC(=O)C(C)(C(=O)c1ccccc1)/C(=C/I)c1ccc(OC)cc1. The first kappa shape index (κ1) is 20.2. The van der Waals surface area contributed by atoms with E-state index in [2.05, 4.69) is 22.6 Å². The van der Waals surface area contributed by atoms with Gasteiger partial charge in [0, 0.05) is 5.56 Å². The monoisotopic (exact) mass is 464 g/mol. The van der Waals surface area contributed by atoms with Crippen LogP contribution in [0.25, 0.3) is 5.57 Å². The summed E-state index contributed by atoms with van der Waals surface area (Å²) in [7, 11) is 1.59. The second kappa shape index (κ2) is 8.98. The van der Waals surface area contributed by atoms with Crippen LogP contribution >= 0.6 is 22.6 Å². The molecule has 0 spiro atoms. The van der Waals surface area contributed by atoms with Gasteiger partial charge in [-0.25, -0.2) is 0 Å². The molecular weight excluding hydrogens is 443 g/mol. The van der Waals surface area contributed by atoms with Crippen molar-refractivity contribution in [1.29, 1.82) is 0 Å². The first-order chi connectivity index (χ1) is 12.5. The molecule has 0 aromatic heterocycles. The van der Waals surface area contributed by atoms with Gasteiger partial charge in [0.05, 0.1) is 13.7 Å². The highest BCUT2D eigenvalue weighted by Gasteiger charge is 2.46. The van der Waals surface area contributed by atoms with E-state index in [-0.39, 0.29) is 12.4 Å². The van der Waals surface area contributed by atoms with E-state index >= 15 is 0 Å². The van der Waals surface area contributed by atoms with E-state index in [1.54, 1.807) is 61.4 Å². The average molecular weight is 464 g/mol. The number of esters is 1. The number of rotatable bonds is 7. The number of ketones is 1. The Morgan fingerprint density at radius 2 is 1.65 bits per heavy atom. The lowest BCUT2D eigenvalue weighted by molar-refractivity contribution is -0.148. The molecule has 0 N–H and O–H groups in total. The summed E-state index contributed by atoms with van der Waals surface area (Å²) in [6.45, 7) is 3.55. The predicted molar refractivity (Wildman–Crippen MR) is 111 cm³/mol. The minimum Gasteiger partial charge on any atom is -0.497 e. The van der Waals surface area contributed by atoms with Gasteiger partial charge in [-0.05, 0) is 41.2 Å². The normalized spacial score (nSPS) is 13.6. The number of carbonyl (C=O) groups is 2. The van der Waals surface area contributed by atoms with Crippen LogP contribution < -0.4 is 4.74 Å². The number of methoxy groups -OCH3 is 1. The summed E-state index contributed by atoms with van der Waals surface area (Å²) in [6, 6.07) is 16.1. The van der Waals surface area contributed by atoms with Gasteiger partial charge in [-0.3, -0.25) is 9.59 Å². The maximum atomic E-state index is 13.3. The molecule has 0 aliphatic carbocycles. The first-order valence-corrected chi connectivity index (χ1v) is 9.46. The van der Waals surface area contributed by atoms with E-state index in [0.29, 0.717) is 16.9 Å². The second-order valence-electron chi connectivity index (χ2n) is 5.79. The molecule has 0 fully saturated rings. The van der Waals surface area contributed by atoms with Crippen LogP contribution in [0.1, 0.15) is 29.8 Å². The minimum atomic E-state index is -1.45. The van der Waals surface area contributed by atoms with Gasteiger partial charge in [0.25, 0.3) is 0 Å². The zero-order valence-corrected chi connectivity index (χ0v) is 17.1. The van der Waals surface area contributed by atoms with Crippen molar-refractivity contribution in [2.75, 3.05) is 13.7 Å². The molecule has 0 aliphatic heterocycles. The average Bonchev–Trinajstić information content (AvgIpc) is 2.69. The third-order valence-corrected chi connectivity index (χ3v) is 4.85. The summed E-state index contributed by atoms with van der Waals surface area (Å²) in [5.74, 6) is -0.156. The van der Waals surface area contributed by atoms with Crippen LogP contribution in [-0.2, 0) is 9.53 Å². The van der Waals surface area contributed by atoms with Gasteiger partial charge in [-0.1, -0.05) is 65.1 Å². The van der Waals surface area contributed by atoms with Crippen LogP contribution in [0.5, 0.6) is 5.75 Å². The largest absolute Gasteiger partial charge is 0.497 e. The highest BCUT2D eigenvalue weighted by atomic mass is 127. The predicted octanol–water partition coefficient (Wildman–Crippen LogP) is 4.92. The molecule has 1 atom stereocenters. The van der Waals surface area contributed by atoms with Crippen LogP contribution in [0.4, 0.5) is 0 Å². The second-order valence-corrected chi connectivity index (χ2v) is 6.41. The highest BCUT2D eigenvalue weighted by molar-refractivity contribution is 14.1. The Bertz CT molecular complexity index is 797. The molecule has 0 bridgehead atoms. The zero-order valence-electron chi connectivity index (χ0n) is 15.0.